The zero-order valence-corrected chi connectivity index (χ0v) is 14.0. The van der Waals surface area contributed by atoms with Gasteiger partial charge in [0.15, 0.2) is 11.4 Å². The SMILES string of the molecule is C=CCOc1cccnc1C(=O)NCC1(C(O)c2ccccc2)CC1. The molecule has 1 atom stereocenters. The molecule has 0 radical (unpaired) electrons. The molecule has 1 aromatic carbocycles. The number of aliphatic hydroxyl groups excluding tert-OH is 1. The zero-order chi connectivity index (χ0) is 17.7. The van der Waals surface area contributed by atoms with E-state index in [1.807, 2.05) is 30.3 Å². The number of amides is 1. The second kappa shape index (κ2) is 7.49. The third-order valence-corrected chi connectivity index (χ3v) is 4.53. The third-order valence-electron chi connectivity index (χ3n) is 4.53. The van der Waals surface area contributed by atoms with Crippen molar-refractivity contribution in [1.82, 2.24) is 10.3 Å². The lowest BCUT2D eigenvalue weighted by Crippen LogP contribution is -2.34. The van der Waals surface area contributed by atoms with Crippen molar-refractivity contribution in [3.63, 3.8) is 0 Å². The number of rotatable bonds is 8. The number of nitrogens with one attached hydrogen (secondary N) is 1. The van der Waals surface area contributed by atoms with Crippen molar-refractivity contribution in [3.05, 3.63) is 72.6 Å². The lowest BCUT2D eigenvalue weighted by Gasteiger charge is -2.23. The molecule has 0 aliphatic heterocycles. The molecule has 1 aliphatic carbocycles. The summed E-state index contributed by atoms with van der Waals surface area (Å²) in [7, 11) is 0. The average molecular weight is 338 g/mol. The van der Waals surface area contributed by atoms with Gasteiger partial charge in [0.1, 0.15) is 6.61 Å². The van der Waals surface area contributed by atoms with Gasteiger partial charge < -0.3 is 15.2 Å². The summed E-state index contributed by atoms with van der Waals surface area (Å²) in [4.78, 5) is 16.6. The van der Waals surface area contributed by atoms with Crippen LogP contribution in [0.3, 0.4) is 0 Å². The van der Waals surface area contributed by atoms with Crippen LogP contribution in [0.5, 0.6) is 5.75 Å². The van der Waals surface area contributed by atoms with Crippen LogP contribution in [0, 0.1) is 5.41 Å². The van der Waals surface area contributed by atoms with E-state index in [1.165, 1.54) is 0 Å². The van der Waals surface area contributed by atoms with Gasteiger partial charge in [0.25, 0.3) is 5.91 Å². The predicted octanol–water partition coefficient (Wildman–Crippen LogP) is 2.89. The summed E-state index contributed by atoms with van der Waals surface area (Å²) in [5, 5.41) is 13.6. The molecule has 1 saturated carbocycles. The molecule has 5 nitrogen and oxygen atoms in total. The first-order valence-electron chi connectivity index (χ1n) is 8.36. The average Bonchev–Trinajstić information content (AvgIpc) is 3.46. The van der Waals surface area contributed by atoms with Gasteiger partial charge in [-0.2, -0.15) is 0 Å². The molecule has 1 amide bonds. The first-order chi connectivity index (χ1) is 12.2. The van der Waals surface area contributed by atoms with Crippen molar-refractivity contribution < 1.29 is 14.6 Å². The highest BCUT2D eigenvalue weighted by atomic mass is 16.5. The number of hydrogen-bond donors (Lipinski definition) is 2. The number of aromatic nitrogens is 1. The van der Waals surface area contributed by atoms with Gasteiger partial charge >= 0.3 is 0 Å². The Bertz CT molecular complexity index is 742. The van der Waals surface area contributed by atoms with E-state index in [0.717, 1.165) is 18.4 Å². The summed E-state index contributed by atoms with van der Waals surface area (Å²) in [5.41, 5.74) is 0.824. The lowest BCUT2D eigenvalue weighted by atomic mass is 9.92. The van der Waals surface area contributed by atoms with Crippen LogP contribution in [0.15, 0.2) is 61.3 Å². The fourth-order valence-corrected chi connectivity index (χ4v) is 2.86. The molecule has 0 bridgehead atoms. The van der Waals surface area contributed by atoms with Gasteiger partial charge in [-0.3, -0.25) is 4.79 Å². The van der Waals surface area contributed by atoms with Crippen LogP contribution in [0.1, 0.15) is 35.0 Å². The summed E-state index contributed by atoms with van der Waals surface area (Å²) in [5.74, 6) is 0.125. The molecule has 5 heteroatoms. The standard InChI is InChI=1S/C20H22N2O3/c1-2-13-25-16-9-6-12-21-17(16)19(24)22-14-20(10-11-20)18(23)15-7-4-3-5-8-15/h2-9,12,18,23H,1,10-11,13-14H2,(H,22,24). The highest BCUT2D eigenvalue weighted by molar-refractivity contribution is 5.94. The molecule has 130 valence electrons. The fraction of sp³-hybridized carbons (Fsp3) is 0.300. The van der Waals surface area contributed by atoms with E-state index < -0.39 is 6.10 Å². The van der Waals surface area contributed by atoms with Crippen molar-refractivity contribution in [2.75, 3.05) is 13.2 Å². The summed E-state index contributed by atoms with van der Waals surface area (Å²) >= 11 is 0. The van der Waals surface area contributed by atoms with Crippen LogP contribution >= 0.6 is 0 Å². The normalized spacial score (nSPS) is 15.9. The topological polar surface area (TPSA) is 71.5 Å². The third kappa shape index (κ3) is 3.88. The Morgan fingerprint density at radius 2 is 2.08 bits per heavy atom. The van der Waals surface area contributed by atoms with Crippen LogP contribution < -0.4 is 10.1 Å². The van der Waals surface area contributed by atoms with E-state index in [9.17, 15) is 9.90 Å². The molecular weight excluding hydrogens is 316 g/mol. The predicted molar refractivity (Wildman–Crippen MR) is 95.3 cm³/mol. The molecule has 1 fully saturated rings. The first kappa shape index (κ1) is 17.2. The molecule has 1 heterocycles. The minimum Gasteiger partial charge on any atom is -0.487 e. The van der Waals surface area contributed by atoms with E-state index in [0.29, 0.717) is 18.9 Å². The number of pyridine rings is 1. The molecule has 0 saturated heterocycles. The Balaban J connectivity index is 1.66. The quantitative estimate of drug-likeness (QED) is 0.726. The second-order valence-corrected chi connectivity index (χ2v) is 6.31. The van der Waals surface area contributed by atoms with Crippen LogP contribution in [0.4, 0.5) is 0 Å². The summed E-state index contributed by atoms with van der Waals surface area (Å²) in [6.45, 7) is 4.31. The maximum atomic E-state index is 12.5. The van der Waals surface area contributed by atoms with Crippen molar-refractivity contribution in [1.29, 1.82) is 0 Å². The van der Waals surface area contributed by atoms with Crippen LogP contribution in [-0.4, -0.2) is 29.1 Å². The van der Waals surface area contributed by atoms with Crippen molar-refractivity contribution in [2.24, 2.45) is 5.41 Å². The fourth-order valence-electron chi connectivity index (χ4n) is 2.86. The van der Waals surface area contributed by atoms with E-state index in [4.69, 9.17) is 4.74 Å². The number of aliphatic hydroxyl groups is 1. The van der Waals surface area contributed by atoms with Crippen molar-refractivity contribution >= 4 is 5.91 Å². The minimum absolute atomic E-state index is 0.245. The number of carbonyl (C=O) groups excluding carboxylic acids is 1. The van der Waals surface area contributed by atoms with Gasteiger partial charge in [-0.05, 0) is 30.5 Å². The Morgan fingerprint density at radius 3 is 2.76 bits per heavy atom. The van der Waals surface area contributed by atoms with Crippen LogP contribution in [0.25, 0.3) is 0 Å². The molecule has 25 heavy (non-hydrogen) atoms. The van der Waals surface area contributed by atoms with Crippen molar-refractivity contribution in [3.8, 4) is 5.75 Å². The van der Waals surface area contributed by atoms with E-state index >= 15 is 0 Å². The summed E-state index contributed by atoms with van der Waals surface area (Å²) in [6, 6.07) is 13.0. The molecule has 1 unspecified atom stereocenters. The summed E-state index contributed by atoms with van der Waals surface area (Å²) in [6.07, 6.45) is 4.34. The van der Waals surface area contributed by atoms with E-state index in [2.05, 4.69) is 16.9 Å². The molecular formula is C20H22N2O3. The molecule has 2 N–H and O–H groups in total. The Hall–Kier alpha value is -2.66. The molecule has 3 rings (SSSR count). The van der Waals surface area contributed by atoms with Gasteiger partial charge in [0, 0.05) is 18.2 Å². The number of benzene rings is 1. The molecule has 2 aromatic rings. The summed E-state index contributed by atoms with van der Waals surface area (Å²) < 4.78 is 5.48. The van der Waals surface area contributed by atoms with E-state index in [1.54, 1.807) is 24.4 Å². The highest BCUT2D eigenvalue weighted by Gasteiger charge is 2.49. The maximum Gasteiger partial charge on any atom is 0.273 e. The first-order valence-corrected chi connectivity index (χ1v) is 8.36. The highest BCUT2D eigenvalue weighted by Crippen LogP contribution is 2.54. The van der Waals surface area contributed by atoms with Gasteiger partial charge in [-0.15, -0.1) is 0 Å². The Labute approximate surface area is 147 Å². The number of nitrogens with zero attached hydrogens (tertiary/aromatic N) is 1. The number of ether oxygens (including phenoxy) is 1. The second-order valence-electron chi connectivity index (χ2n) is 6.31. The smallest absolute Gasteiger partial charge is 0.273 e. The maximum absolute atomic E-state index is 12.5. The Morgan fingerprint density at radius 1 is 1.32 bits per heavy atom. The number of hydrogen-bond acceptors (Lipinski definition) is 4. The van der Waals surface area contributed by atoms with Crippen LogP contribution in [0.2, 0.25) is 0 Å². The number of carbonyl (C=O) groups is 1. The van der Waals surface area contributed by atoms with E-state index in [-0.39, 0.29) is 17.0 Å². The van der Waals surface area contributed by atoms with Crippen LogP contribution in [-0.2, 0) is 0 Å². The van der Waals surface area contributed by atoms with Gasteiger partial charge in [0.2, 0.25) is 0 Å². The Kier molecular flexibility index (Phi) is 5.14. The zero-order valence-electron chi connectivity index (χ0n) is 14.0. The van der Waals surface area contributed by atoms with Gasteiger partial charge in [-0.25, -0.2) is 4.98 Å². The van der Waals surface area contributed by atoms with Gasteiger partial charge in [-0.1, -0.05) is 43.0 Å². The largest absolute Gasteiger partial charge is 0.487 e. The molecule has 1 aromatic heterocycles. The monoisotopic (exact) mass is 338 g/mol. The molecule has 1 aliphatic rings. The lowest BCUT2D eigenvalue weighted by molar-refractivity contribution is 0.0803. The van der Waals surface area contributed by atoms with Crippen molar-refractivity contribution in [2.45, 2.75) is 18.9 Å². The molecule has 0 spiro atoms. The van der Waals surface area contributed by atoms with Gasteiger partial charge in [0.05, 0.1) is 6.10 Å². The minimum atomic E-state index is -0.589.